The topological polar surface area (TPSA) is 58.2 Å². The van der Waals surface area contributed by atoms with Crippen molar-refractivity contribution in [3.63, 3.8) is 0 Å². The monoisotopic (exact) mass is 372 g/mol. The predicted octanol–water partition coefficient (Wildman–Crippen LogP) is 3.57. The molecule has 0 fully saturated rings. The molecular formula is C14H14BrFN2O2S. The second-order valence-electron chi connectivity index (χ2n) is 4.52. The standard InChI is InChI=1S/C14H14BrFN2O2S/c1-21(19,20)18-14-5-3-2-4-13(14)17-9-10-6-7-11(15)12(16)8-10/h2-8,17-18H,9H2,1H3. The van der Waals surface area contributed by atoms with Crippen molar-refractivity contribution in [3.8, 4) is 0 Å². The van der Waals surface area contributed by atoms with E-state index < -0.39 is 10.0 Å². The molecule has 0 spiro atoms. The molecule has 2 aromatic carbocycles. The third kappa shape index (κ3) is 4.71. The van der Waals surface area contributed by atoms with Crippen LogP contribution in [0.1, 0.15) is 5.56 Å². The number of sulfonamides is 1. The zero-order valence-corrected chi connectivity index (χ0v) is 13.6. The zero-order chi connectivity index (χ0) is 15.5. The van der Waals surface area contributed by atoms with Gasteiger partial charge in [0.25, 0.3) is 0 Å². The van der Waals surface area contributed by atoms with E-state index in [1.165, 1.54) is 6.07 Å². The second kappa shape index (κ2) is 6.44. The summed E-state index contributed by atoms with van der Waals surface area (Å²) in [5, 5.41) is 3.09. The first-order valence-corrected chi connectivity index (χ1v) is 8.78. The maximum atomic E-state index is 13.4. The van der Waals surface area contributed by atoms with Gasteiger partial charge in [-0.25, -0.2) is 12.8 Å². The van der Waals surface area contributed by atoms with E-state index in [2.05, 4.69) is 26.0 Å². The van der Waals surface area contributed by atoms with Crippen molar-refractivity contribution in [1.29, 1.82) is 0 Å². The number of rotatable bonds is 5. The van der Waals surface area contributed by atoms with Gasteiger partial charge in [0.2, 0.25) is 10.0 Å². The van der Waals surface area contributed by atoms with Crippen LogP contribution in [0, 0.1) is 5.82 Å². The highest BCUT2D eigenvalue weighted by Gasteiger charge is 2.07. The zero-order valence-electron chi connectivity index (χ0n) is 11.2. The SMILES string of the molecule is CS(=O)(=O)Nc1ccccc1NCc1ccc(Br)c(F)c1. The Morgan fingerprint density at radius 1 is 1.14 bits per heavy atom. The van der Waals surface area contributed by atoms with E-state index in [1.807, 2.05) is 0 Å². The van der Waals surface area contributed by atoms with Gasteiger partial charge >= 0.3 is 0 Å². The van der Waals surface area contributed by atoms with Gasteiger partial charge in [-0.3, -0.25) is 4.72 Å². The molecule has 2 aromatic rings. The van der Waals surface area contributed by atoms with Crippen molar-refractivity contribution >= 4 is 37.3 Å². The Hall–Kier alpha value is -1.60. The third-order valence-electron chi connectivity index (χ3n) is 2.69. The van der Waals surface area contributed by atoms with E-state index in [1.54, 1.807) is 36.4 Å². The lowest BCUT2D eigenvalue weighted by atomic mass is 10.2. The molecule has 0 aliphatic rings. The van der Waals surface area contributed by atoms with Crippen LogP contribution in [0.2, 0.25) is 0 Å². The van der Waals surface area contributed by atoms with E-state index in [4.69, 9.17) is 0 Å². The van der Waals surface area contributed by atoms with Crippen LogP contribution in [-0.2, 0) is 16.6 Å². The minimum absolute atomic E-state index is 0.336. The van der Waals surface area contributed by atoms with Gasteiger partial charge < -0.3 is 5.32 Å². The molecule has 7 heteroatoms. The van der Waals surface area contributed by atoms with Crippen LogP contribution in [0.15, 0.2) is 46.9 Å². The summed E-state index contributed by atoms with van der Waals surface area (Å²) in [5.74, 6) is -0.336. The average Bonchev–Trinajstić information content (AvgIpc) is 2.40. The molecule has 2 rings (SSSR count). The Balaban J connectivity index is 2.14. The molecule has 0 heterocycles. The van der Waals surface area contributed by atoms with E-state index in [-0.39, 0.29) is 5.82 Å². The van der Waals surface area contributed by atoms with Crippen molar-refractivity contribution in [2.45, 2.75) is 6.54 Å². The van der Waals surface area contributed by atoms with Crippen molar-refractivity contribution < 1.29 is 12.8 Å². The molecule has 0 aliphatic carbocycles. The smallest absolute Gasteiger partial charge is 0.229 e. The second-order valence-corrected chi connectivity index (χ2v) is 7.12. The third-order valence-corrected chi connectivity index (χ3v) is 3.92. The van der Waals surface area contributed by atoms with Gasteiger partial charge in [-0.15, -0.1) is 0 Å². The molecule has 0 saturated heterocycles. The molecule has 21 heavy (non-hydrogen) atoms. The van der Waals surface area contributed by atoms with Crippen molar-refractivity contribution in [2.75, 3.05) is 16.3 Å². The normalized spacial score (nSPS) is 11.2. The number of halogens is 2. The first kappa shape index (κ1) is 15.8. The molecule has 0 aliphatic heterocycles. The van der Waals surface area contributed by atoms with Gasteiger partial charge in [0.1, 0.15) is 5.82 Å². The van der Waals surface area contributed by atoms with Crippen LogP contribution in [0.4, 0.5) is 15.8 Å². The number of para-hydroxylation sites is 2. The molecule has 0 amide bonds. The summed E-state index contributed by atoms with van der Waals surface area (Å²) in [6.45, 7) is 0.382. The number of hydrogen-bond donors (Lipinski definition) is 2. The van der Waals surface area contributed by atoms with Gasteiger partial charge in [0, 0.05) is 6.54 Å². The van der Waals surface area contributed by atoms with Gasteiger partial charge in [0.05, 0.1) is 22.1 Å². The minimum atomic E-state index is -3.35. The van der Waals surface area contributed by atoms with E-state index in [9.17, 15) is 12.8 Å². The number of hydrogen-bond acceptors (Lipinski definition) is 3. The van der Waals surface area contributed by atoms with Crippen LogP contribution < -0.4 is 10.0 Å². The molecule has 0 saturated carbocycles. The van der Waals surface area contributed by atoms with Crippen molar-refractivity contribution in [1.82, 2.24) is 0 Å². The van der Waals surface area contributed by atoms with Gasteiger partial charge in [-0.05, 0) is 45.8 Å². The Kier molecular flexibility index (Phi) is 4.84. The highest BCUT2D eigenvalue weighted by Crippen LogP contribution is 2.23. The molecule has 4 nitrogen and oxygen atoms in total. The summed E-state index contributed by atoms with van der Waals surface area (Å²) >= 11 is 3.10. The lowest BCUT2D eigenvalue weighted by molar-refractivity contribution is 0.607. The van der Waals surface area contributed by atoms with E-state index in [0.717, 1.165) is 11.8 Å². The van der Waals surface area contributed by atoms with E-state index in [0.29, 0.717) is 22.4 Å². The Bertz CT molecular complexity index is 750. The molecule has 0 unspecified atom stereocenters. The van der Waals surface area contributed by atoms with Gasteiger partial charge in [0.15, 0.2) is 0 Å². The summed E-state index contributed by atoms with van der Waals surface area (Å²) in [5.41, 5.74) is 1.84. The lowest BCUT2D eigenvalue weighted by Gasteiger charge is -2.13. The highest BCUT2D eigenvalue weighted by atomic mass is 79.9. The summed E-state index contributed by atoms with van der Waals surface area (Å²) in [6, 6.07) is 11.8. The largest absolute Gasteiger partial charge is 0.379 e. The van der Waals surface area contributed by atoms with Crippen LogP contribution >= 0.6 is 15.9 Å². The fourth-order valence-electron chi connectivity index (χ4n) is 1.77. The lowest BCUT2D eigenvalue weighted by Crippen LogP contribution is -2.12. The predicted molar refractivity (Wildman–Crippen MR) is 86.3 cm³/mol. The highest BCUT2D eigenvalue weighted by molar-refractivity contribution is 9.10. The number of benzene rings is 2. The maximum Gasteiger partial charge on any atom is 0.229 e. The van der Waals surface area contributed by atoms with Crippen LogP contribution in [-0.4, -0.2) is 14.7 Å². The summed E-state index contributed by atoms with van der Waals surface area (Å²) < 4.78 is 38.9. The molecule has 0 radical (unpaired) electrons. The molecule has 0 bridgehead atoms. The molecule has 0 aromatic heterocycles. The van der Waals surface area contributed by atoms with Gasteiger partial charge in [-0.1, -0.05) is 18.2 Å². The van der Waals surface area contributed by atoms with Crippen molar-refractivity contribution in [3.05, 3.63) is 58.3 Å². The average molecular weight is 373 g/mol. The molecule has 0 atom stereocenters. The fraction of sp³-hybridized carbons (Fsp3) is 0.143. The Morgan fingerprint density at radius 3 is 2.43 bits per heavy atom. The first-order chi connectivity index (χ1) is 9.85. The summed E-state index contributed by atoms with van der Waals surface area (Å²) in [6.07, 6.45) is 1.09. The quantitative estimate of drug-likeness (QED) is 0.843. The molecular weight excluding hydrogens is 359 g/mol. The first-order valence-electron chi connectivity index (χ1n) is 6.10. The van der Waals surface area contributed by atoms with Crippen molar-refractivity contribution in [2.24, 2.45) is 0 Å². The molecule has 112 valence electrons. The fourth-order valence-corrected chi connectivity index (χ4v) is 2.60. The minimum Gasteiger partial charge on any atom is -0.379 e. The van der Waals surface area contributed by atoms with E-state index >= 15 is 0 Å². The summed E-state index contributed by atoms with van der Waals surface area (Å²) in [7, 11) is -3.35. The number of nitrogens with one attached hydrogen (secondary N) is 2. The summed E-state index contributed by atoms with van der Waals surface area (Å²) in [4.78, 5) is 0. The number of anilines is 2. The Labute approximate surface area is 131 Å². The van der Waals surface area contributed by atoms with Crippen LogP contribution in [0.25, 0.3) is 0 Å². The van der Waals surface area contributed by atoms with Crippen LogP contribution in [0.3, 0.4) is 0 Å². The molecule has 2 N–H and O–H groups in total. The maximum absolute atomic E-state index is 13.4. The Morgan fingerprint density at radius 2 is 1.81 bits per heavy atom. The van der Waals surface area contributed by atoms with Crippen LogP contribution in [0.5, 0.6) is 0 Å². The van der Waals surface area contributed by atoms with Gasteiger partial charge in [-0.2, -0.15) is 0 Å².